The fourth-order valence-corrected chi connectivity index (χ4v) is 3.08. The standard InChI is InChI=1S/C22H18O4/c23-19-9-1-7-17-15(19)5-3-11-21(17)25-13-14-26-22-12-4-6-16-18(22)8-2-10-20(16)24/h1-12,23-24H,13-14H2. The minimum Gasteiger partial charge on any atom is -0.507 e. The van der Waals surface area contributed by atoms with Gasteiger partial charge in [-0.25, -0.2) is 0 Å². The first-order valence-electron chi connectivity index (χ1n) is 8.41. The van der Waals surface area contributed by atoms with Crippen molar-refractivity contribution in [1.29, 1.82) is 0 Å². The fraction of sp³-hybridized carbons (Fsp3) is 0.0909. The van der Waals surface area contributed by atoms with Crippen LogP contribution in [0.15, 0.2) is 72.8 Å². The van der Waals surface area contributed by atoms with Gasteiger partial charge in [0.25, 0.3) is 0 Å². The molecule has 4 aromatic rings. The smallest absolute Gasteiger partial charge is 0.127 e. The molecule has 0 aliphatic carbocycles. The molecule has 130 valence electrons. The van der Waals surface area contributed by atoms with Gasteiger partial charge < -0.3 is 19.7 Å². The molecular weight excluding hydrogens is 328 g/mol. The number of hydrogen-bond acceptors (Lipinski definition) is 4. The van der Waals surface area contributed by atoms with Crippen molar-refractivity contribution in [2.24, 2.45) is 0 Å². The molecule has 0 bridgehead atoms. The Balaban J connectivity index is 1.47. The predicted octanol–water partition coefficient (Wildman–Crippen LogP) is 4.86. The van der Waals surface area contributed by atoms with Crippen molar-refractivity contribution in [3.05, 3.63) is 72.8 Å². The lowest BCUT2D eigenvalue weighted by Gasteiger charge is -2.12. The molecular formula is C22H18O4. The summed E-state index contributed by atoms with van der Waals surface area (Å²) in [6, 6.07) is 21.9. The highest BCUT2D eigenvalue weighted by Gasteiger charge is 2.07. The third-order valence-corrected chi connectivity index (χ3v) is 4.32. The average Bonchev–Trinajstić information content (AvgIpc) is 2.66. The van der Waals surface area contributed by atoms with Gasteiger partial charge in [0.2, 0.25) is 0 Å². The van der Waals surface area contributed by atoms with Gasteiger partial charge in [-0.1, -0.05) is 48.5 Å². The monoisotopic (exact) mass is 346 g/mol. The van der Waals surface area contributed by atoms with E-state index in [1.165, 1.54) is 0 Å². The number of aromatic hydroxyl groups is 2. The van der Waals surface area contributed by atoms with Crippen LogP contribution in [0.5, 0.6) is 23.0 Å². The van der Waals surface area contributed by atoms with Crippen LogP contribution in [-0.4, -0.2) is 23.4 Å². The molecule has 0 aliphatic heterocycles. The van der Waals surface area contributed by atoms with Crippen LogP contribution in [0, 0.1) is 0 Å². The van der Waals surface area contributed by atoms with E-state index in [1.54, 1.807) is 24.3 Å². The lowest BCUT2D eigenvalue weighted by atomic mass is 10.1. The van der Waals surface area contributed by atoms with E-state index in [0.29, 0.717) is 24.7 Å². The van der Waals surface area contributed by atoms with Crippen molar-refractivity contribution >= 4 is 21.5 Å². The van der Waals surface area contributed by atoms with Gasteiger partial charge in [0.1, 0.15) is 36.2 Å². The van der Waals surface area contributed by atoms with E-state index in [9.17, 15) is 10.2 Å². The number of phenolic OH excluding ortho intramolecular Hbond substituents is 2. The Morgan fingerprint density at radius 3 is 1.35 bits per heavy atom. The third-order valence-electron chi connectivity index (χ3n) is 4.32. The second-order valence-electron chi connectivity index (χ2n) is 5.95. The molecule has 4 aromatic carbocycles. The van der Waals surface area contributed by atoms with Crippen LogP contribution in [0.4, 0.5) is 0 Å². The molecule has 0 atom stereocenters. The maximum atomic E-state index is 9.94. The Hall–Kier alpha value is -3.40. The van der Waals surface area contributed by atoms with E-state index in [4.69, 9.17) is 9.47 Å². The second-order valence-corrected chi connectivity index (χ2v) is 5.95. The summed E-state index contributed by atoms with van der Waals surface area (Å²) in [5.41, 5.74) is 0. The van der Waals surface area contributed by atoms with Gasteiger partial charge in [0.05, 0.1) is 0 Å². The quantitative estimate of drug-likeness (QED) is 0.507. The summed E-state index contributed by atoms with van der Waals surface area (Å²) in [5.74, 6) is 1.88. The fourth-order valence-electron chi connectivity index (χ4n) is 3.08. The largest absolute Gasteiger partial charge is 0.507 e. The van der Waals surface area contributed by atoms with Crippen LogP contribution < -0.4 is 9.47 Å². The summed E-state index contributed by atoms with van der Waals surface area (Å²) in [6.45, 7) is 0.730. The molecule has 0 spiro atoms. The van der Waals surface area contributed by atoms with E-state index in [0.717, 1.165) is 21.5 Å². The maximum absolute atomic E-state index is 9.94. The molecule has 0 amide bonds. The first-order valence-corrected chi connectivity index (χ1v) is 8.41. The van der Waals surface area contributed by atoms with Crippen LogP contribution in [0.25, 0.3) is 21.5 Å². The van der Waals surface area contributed by atoms with Gasteiger partial charge in [-0.2, -0.15) is 0 Å². The minimum absolute atomic E-state index is 0.236. The summed E-state index contributed by atoms with van der Waals surface area (Å²) in [4.78, 5) is 0. The molecule has 4 nitrogen and oxygen atoms in total. The van der Waals surface area contributed by atoms with Gasteiger partial charge in [-0.3, -0.25) is 0 Å². The Morgan fingerprint density at radius 2 is 0.885 bits per heavy atom. The van der Waals surface area contributed by atoms with Crippen molar-refractivity contribution in [2.45, 2.75) is 0 Å². The second kappa shape index (κ2) is 6.84. The zero-order valence-corrected chi connectivity index (χ0v) is 14.1. The summed E-state index contributed by atoms with van der Waals surface area (Å²) in [7, 11) is 0. The molecule has 0 heterocycles. The zero-order valence-electron chi connectivity index (χ0n) is 14.1. The third kappa shape index (κ3) is 2.97. The molecule has 2 N–H and O–H groups in total. The van der Waals surface area contributed by atoms with Crippen molar-refractivity contribution < 1.29 is 19.7 Å². The number of rotatable bonds is 5. The number of benzene rings is 4. The average molecular weight is 346 g/mol. The highest BCUT2D eigenvalue weighted by atomic mass is 16.5. The maximum Gasteiger partial charge on any atom is 0.127 e. The SMILES string of the molecule is Oc1cccc2c(OCCOc3cccc4c(O)cccc34)cccc12. The Labute approximate surface area is 150 Å². The number of fused-ring (bicyclic) bond motifs is 2. The first kappa shape index (κ1) is 16.1. The minimum atomic E-state index is 0.236. The van der Waals surface area contributed by atoms with Crippen molar-refractivity contribution in [1.82, 2.24) is 0 Å². The Kier molecular flexibility index (Phi) is 4.23. The van der Waals surface area contributed by atoms with Crippen LogP contribution >= 0.6 is 0 Å². The molecule has 0 radical (unpaired) electrons. The molecule has 26 heavy (non-hydrogen) atoms. The summed E-state index contributed by atoms with van der Waals surface area (Å²) in [5, 5.41) is 23.1. The number of phenols is 2. The normalized spacial score (nSPS) is 10.9. The molecule has 0 aliphatic rings. The summed E-state index contributed by atoms with van der Waals surface area (Å²) in [6.07, 6.45) is 0. The van der Waals surface area contributed by atoms with E-state index < -0.39 is 0 Å². The van der Waals surface area contributed by atoms with E-state index >= 15 is 0 Å². The van der Waals surface area contributed by atoms with Gasteiger partial charge >= 0.3 is 0 Å². The number of ether oxygens (including phenoxy) is 2. The summed E-state index contributed by atoms with van der Waals surface area (Å²) >= 11 is 0. The molecule has 0 saturated heterocycles. The van der Waals surface area contributed by atoms with Gasteiger partial charge in [-0.15, -0.1) is 0 Å². The molecule has 0 aromatic heterocycles. The lowest BCUT2D eigenvalue weighted by Crippen LogP contribution is -2.09. The Morgan fingerprint density at radius 1 is 0.500 bits per heavy atom. The molecule has 0 saturated carbocycles. The van der Waals surface area contributed by atoms with Crippen LogP contribution in [-0.2, 0) is 0 Å². The Bertz CT molecular complexity index is 985. The van der Waals surface area contributed by atoms with Gasteiger partial charge in [-0.05, 0) is 24.3 Å². The predicted molar refractivity (Wildman–Crippen MR) is 102 cm³/mol. The summed E-state index contributed by atoms with van der Waals surface area (Å²) < 4.78 is 11.7. The topological polar surface area (TPSA) is 58.9 Å². The molecule has 0 fully saturated rings. The first-order chi connectivity index (χ1) is 12.7. The van der Waals surface area contributed by atoms with E-state index in [1.807, 2.05) is 48.5 Å². The van der Waals surface area contributed by atoms with Crippen molar-refractivity contribution in [2.75, 3.05) is 13.2 Å². The van der Waals surface area contributed by atoms with Gasteiger partial charge in [0, 0.05) is 21.5 Å². The number of hydrogen-bond donors (Lipinski definition) is 2. The molecule has 4 heteroatoms. The van der Waals surface area contributed by atoms with Crippen molar-refractivity contribution in [3.8, 4) is 23.0 Å². The van der Waals surface area contributed by atoms with E-state index in [2.05, 4.69) is 0 Å². The van der Waals surface area contributed by atoms with Crippen molar-refractivity contribution in [3.63, 3.8) is 0 Å². The van der Waals surface area contributed by atoms with Crippen LogP contribution in [0.1, 0.15) is 0 Å². The van der Waals surface area contributed by atoms with Crippen LogP contribution in [0.2, 0.25) is 0 Å². The van der Waals surface area contributed by atoms with Crippen LogP contribution in [0.3, 0.4) is 0 Å². The zero-order chi connectivity index (χ0) is 17.9. The highest BCUT2D eigenvalue weighted by molar-refractivity contribution is 5.93. The lowest BCUT2D eigenvalue weighted by molar-refractivity contribution is 0.220. The molecule has 4 rings (SSSR count). The van der Waals surface area contributed by atoms with E-state index in [-0.39, 0.29) is 11.5 Å². The van der Waals surface area contributed by atoms with Gasteiger partial charge in [0.15, 0.2) is 0 Å². The highest BCUT2D eigenvalue weighted by Crippen LogP contribution is 2.32. The molecule has 0 unspecified atom stereocenters.